The topological polar surface area (TPSA) is 52.0 Å². The average Bonchev–Trinajstić information content (AvgIpc) is 3.11. The van der Waals surface area contributed by atoms with Gasteiger partial charge < -0.3 is 10.1 Å². The summed E-state index contributed by atoms with van der Waals surface area (Å²) in [5.41, 5.74) is 3.81. The third-order valence-corrected chi connectivity index (χ3v) is 4.77. The molecule has 0 radical (unpaired) electrons. The first-order valence-electron chi connectivity index (χ1n) is 8.70. The number of hydrogen-bond donors (Lipinski definition) is 1. The van der Waals surface area contributed by atoms with Crippen molar-refractivity contribution < 1.29 is 4.74 Å². The highest BCUT2D eigenvalue weighted by Crippen LogP contribution is 2.38. The number of fused-ring (bicyclic) bond motifs is 1. The highest BCUT2D eigenvalue weighted by Gasteiger charge is 2.30. The van der Waals surface area contributed by atoms with Crippen molar-refractivity contribution in [3.8, 4) is 5.75 Å². The molecule has 1 aliphatic rings. The summed E-state index contributed by atoms with van der Waals surface area (Å²) in [4.78, 5) is 4.40. The molecular weight excluding hydrogens is 312 g/mol. The molecule has 0 spiro atoms. The van der Waals surface area contributed by atoms with Crippen molar-refractivity contribution in [1.29, 1.82) is 0 Å². The molecule has 1 aromatic heterocycles. The zero-order valence-corrected chi connectivity index (χ0v) is 14.5. The van der Waals surface area contributed by atoms with E-state index in [-0.39, 0.29) is 12.1 Å². The minimum Gasteiger partial charge on any atom is -0.494 e. The number of hydrogen-bond acceptors (Lipinski definition) is 4. The molecule has 0 aliphatic carbocycles. The van der Waals surface area contributed by atoms with Gasteiger partial charge in [0.25, 0.3) is 0 Å². The zero-order chi connectivity index (χ0) is 17.2. The lowest BCUT2D eigenvalue weighted by molar-refractivity contribution is 0.340. The van der Waals surface area contributed by atoms with Crippen LogP contribution in [-0.4, -0.2) is 21.4 Å². The summed E-state index contributed by atoms with van der Waals surface area (Å²) in [6.07, 6.45) is 2.55. The van der Waals surface area contributed by atoms with Crippen LogP contribution in [0.3, 0.4) is 0 Å². The fraction of sp³-hybridized carbons (Fsp3) is 0.300. The molecule has 5 heteroatoms. The van der Waals surface area contributed by atoms with E-state index in [1.54, 1.807) is 6.33 Å². The molecule has 4 rings (SSSR count). The first-order valence-corrected chi connectivity index (χ1v) is 8.70. The molecule has 5 nitrogen and oxygen atoms in total. The van der Waals surface area contributed by atoms with Gasteiger partial charge in [-0.1, -0.05) is 36.4 Å². The van der Waals surface area contributed by atoms with Crippen LogP contribution in [-0.2, 0) is 0 Å². The third kappa shape index (κ3) is 2.97. The Bertz CT molecular complexity index is 856. The summed E-state index contributed by atoms with van der Waals surface area (Å²) in [5.74, 6) is 1.72. The van der Waals surface area contributed by atoms with Crippen LogP contribution in [0, 0.1) is 6.92 Å². The molecular formula is C20H22N4O. The molecule has 0 bridgehead atoms. The maximum Gasteiger partial charge on any atom is 0.222 e. The van der Waals surface area contributed by atoms with Gasteiger partial charge in [0.15, 0.2) is 0 Å². The van der Waals surface area contributed by atoms with Crippen molar-refractivity contribution in [1.82, 2.24) is 14.8 Å². The fourth-order valence-electron chi connectivity index (χ4n) is 3.52. The monoisotopic (exact) mass is 334 g/mol. The molecule has 128 valence electrons. The molecule has 0 saturated heterocycles. The standard InChI is InChI=1S/C20H22N4O/c1-3-25-16-10-8-15(9-11-16)18-12-19(17-7-5-4-6-14(17)2)24-20(23-18)21-13-22-24/h4-11,13,18-19H,3,12H2,1-2H3,(H,21,22,23)/t18-,19+/m0/s1. The van der Waals surface area contributed by atoms with Gasteiger partial charge in [-0.05, 0) is 49.1 Å². The number of ether oxygens (including phenoxy) is 1. The largest absolute Gasteiger partial charge is 0.494 e. The number of aryl methyl sites for hydroxylation is 1. The summed E-state index contributed by atoms with van der Waals surface area (Å²) in [5, 5.41) is 7.96. The van der Waals surface area contributed by atoms with Gasteiger partial charge in [-0.15, -0.1) is 0 Å². The van der Waals surface area contributed by atoms with E-state index in [0.29, 0.717) is 6.61 Å². The van der Waals surface area contributed by atoms with Crippen LogP contribution in [0.2, 0.25) is 0 Å². The van der Waals surface area contributed by atoms with E-state index in [1.165, 1.54) is 16.7 Å². The van der Waals surface area contributed by atoms with Crippen molar-refractivity contribution >= 4 is 5.95 Å². The molecule has 1 aliphatic heterocycles. The molecule has 0 unspecified atom stereocenters. The Morgan fingerprint density at radius 3 is 2.72 bits per heavy atom. The van der Waals surface area contributed by atoms with E-state index in [0.717, 1.165) is 18.1 Å². The van der Waals surface area contributed by atoms with Gasteiger partial charge in [-0.25, -0.2) is 4.68 Å². The van der Waals surface area contributed by atoms with Crippen LogP contribution in [0.25, 0.3) is 0 Å². The predicted octanol–water partition coefficient (Wildman–Crippen LogP) is 4.13. The Balaban J connectivity index is 1.67. The Labute approximate surface area is 147 Å². The number of rotatable bonds is 4. The van der Waals surface area contributed by atoms with Gasteiger partial charge in [0.2, 0.25) is 5.95 Å². The predicted molar refractivity (Wildman–Crippen MR) is 97.9 cm³/mol. The molecule has 2 heterocycles. The Kier molecular flexibility index (Phi) is 4.14. The van der Waals surface area contributed by atoms with Crippen LogP contribution in [0.5, 0.6) is 5.75 Å². The second-order valence-electron chi connectivity index (χ2n) is 6.34. The lowest BCUT2D eigenvalue weighted by atomic mass is 9.91. The van der Waals surface area contributed by atoms with E-state index in [9.17, 15) is 0 Å². The summed E-state index contributed by atoms with van der Waals surface area (Å²) in [7, 11) is 0. The summed E-state index contributed by atoms with van der Waals surface area (Å²) >= 11 is 0. The fourth-order valence-corrected chi connectivity index (χ4v) is 3.52. The van der Waals surface area contributed by atoms with Gasteiger partial charge in [0.05, 0.1) is 18.7 Å². The number of anilines is 1. The highest BCUT2D eigenvalue weighted by atomic mass is 16.5. The molecule has 3 aromatic rings. The number of nitrogens with one attached hydrogen (secondary N) is 1. The minimum atomic E-state index is 0.177. The van der Waals surface area contributed by atoms with E-state index < -0.39 is 0 Å². The van der Waals surface area contributed by atoms with Gasteiger partial charge in [-0.2, -0.15) is 10.1 Å². The van der Waals surface area contributed by atoms with Crippen LogP contribution < -0.4 is 10.1 Å². The van der Waals surface area contributed by atoms with Crippen LogP contribution >= 0.6 is 0 Å². The maximum atomic E-state index is 5.55. The average molecular weight is 334 g/mol. The van der Waals surface area contributed by atoms with Gasteiger partial charge in [-0.3, -0.25) is 0 Å². The van der Waals surface area contributed by atoms with E-state index in [4.69, 9.17) is 4.74 Å². The maximum absolute atomic E-state index is 5.55. The van der Waals surface area contributed by atoms with Crippen LogP contribution in [0.1, 0.15) is 42.1 Å². The summed E-state index contributed by atoms with van der Waals surface area (Å²) < 4.78 is 7.54. The van der Waals surface area contributed by atoms with Crippen molar-refractivity contribution in [3.05, 3.63) is 71.5 Å². The SMILES string of the molecule is CCOc1ccc([C@@H]2C[C@H](c3ccccc3C)n3ncnc3N2)cc1. The molecule has 2 atom stereocenters. The normalized spacial score (nSPS) is 19.1. The third-order valence-electron chi connectivity index (χ3n) is 4.77. The van der Waals surface area contributed by atoms with Gasteiger partial charge in [0.1, 0.15) is 12.1 Å². The molecule has 0 saturated carbocycles. The molecule has 0 fully saturated rings. The van der Waals surface area contributed by atoms with Gasteiger partial charge >= 0.3 is 0 Å². The zero-order valence-electron chi connectivity index (χ0n) is 14.5. The first-order chi connectivity index (χ1) is 12.3. The molecule has 25 heavy (non-hydrogen) atoms. The second kappa shape index (κ2) is 6.59. The summed E-state index contributed by atoms with van der Waals surface area (Å²) in [6, 6.07) is 17.2. The van der Waals surface area contributed by atoms with E-state index in [2.05, 4.69) is 58.7 Å². The summed E-state index contributed by atoms with van der Waals surface area (Å²) in [6.45, 7) is 4.83. The Morgan fingerprint density at radius 2 is 1.96 bits per heavy atom. The number of benzene rings is 2. The minimum absolute atomic E-state index is 0.177. The smallest absolute Gasteiger partial charge is 0.222 e. The number of aromatic nitrogens is 3. The molecule has 1 N–H and O–H groups in total. The first kappa shape index (κ1) is 15.7. The number of nitrogens with zero attached hydrogens (tertiary/aromatic N) is 3. The van der Waals surface area contributed by atoms with Crippen molar-refractivity contribution in [2.75, 3.05) is 11.9 Å². The van der Waals surface area contributed by atoms with Crippen molar-refractivity contribution in [3.63, 3.8) is 0 Å². The van der Waals surface area contributed by atoms with Crippen molar-refractivity contribution in [2.45, 2.75) is 32.4 Å². The van der Waals surface area contributed by atoms with E-state index >= 15 is 0 Å². The Hall–Kier alpha value is -2.82. The van der Waals surface area contributed by atoms with E-state index in [1.807, 2.05) is 23.7 Å². The second-order valence-corrected chi connectivity index (χ2v) is 6.34. The van der Waals surface area contributed by atoms with Gasteiger partial charge in [0, 0.05) is 0 Å². The highest BCUT2D eigenvalue weighted by molar-refractivity contribution is 5.41. The van der Waals surface area contributed by atoms with Crippen LogP contribution in [0.4, 0.5) is 5.95 Å². The Morgan fingerprint density at radius 1 is 1.16 bits per heavy atom. The van der Waals surface area contributed by atoms with Crippen molar-refractivity contribution in [2.24, 2.45) is 0 Å². The molecule has 0 amide bonds. The lowest BCUT2D eigenvalue weighted by Gasteiger charge is -2.32. The lowest BCUT2D eigenvalue weighted by Crippen LogP contribution is -2.28. The quantitative estimate of drug-likeness (QED) is 0.779. The van der Waals surface area contributed by atoms with Crippen LogP contribution in [0.15, 0.2) is 54.9 Å². The molecule has 2 aromatic carbocycles.